The summed E-state index contributed by atoms with van der Waals surface area (Å²) in [4.78, 5) is 40.7. The maximum absolute atomic E-state index is 12.5. The maximum atomic E-state index is 12.5. The van der Waals surface area contributed by atoms with Gasteiger partial charge in [-0.25, -0.2) is 0 Å². The summed E-state index contributed by atoms with van der Waals surface area (Å²) in [7, 11) is 1.58. The fourth-order valence-electron chi connectivity index (χ4n) is 10.1. The molecular weight excluding hydrogens is 955 g/mol. The number of allylic oxidation sites excluding steroid dienone is 2. The van der Waals surface area contributed by atoms with Gasteiger partial charge in [-0.1, -0.05) is 170 Å². The molecule has 1 N–H and O–H groups in total. The minimum absolute atomic E-state index is 0.00318. The molecule has 1 fully saturated rings. The van der Waals surface area contributed by atoms with Crippen molar-refractivity contribution >= 4 is 24.6 Å². The summed E-state index contributed by atoms with van der Waals surface area (Å²) >= 11 is 3.79. The number of unbranched alkanes of at least 4 members (excludes halogenated alkanes) is 21. The third-order valence-corrected chi connectivity index (χ3v) is 15.2. The Morgan fingerprint density at radius 2 is 0.800 bits per heavy atom. The fraction of sp³-hybridized carbons (Fsp3) is 0.938. The highest BCUT2D eigenvalue weighted by Crippen LogP contribution is 2.33. The normalized spacial score (nSPS) is 13.6. The van der Waals surface area contributed by atoms with Gasteiger partial charge in [0.15, 0.2) is 0 Å². The molecule has 0 heterocycles. The molecule has 0 saturated heterocycles. The Morgan fingerprint density at radius 1 is 0.453 bits per heavy atom. The third-order valence-electron chi connectivity index (χ3n) is 15.2. The van der Waals surface area contributed by atoms with Crippen LogP contribution in [-0.2, 0) is 33.5 Å². The molecule has 75 heavy (non-hydrogen) atoms. The van der Waals surface area contributed by atoms with Gasteiger partial charge in [-0.05, 0) is 172 Å². The van der Waals surface area contributed by atoms with Crippen molar-refractivity contribution in [2.24, 2.45) is 0 Å². The lowest BCUT2D eigenvalue weighted by atomic mass is 9.89. The molecule has 3 unspecified atom stereocenters. The average molecular weight is 1080 g/mol. The summed E-state index contributed by atoms with van der Waals surface area (Å²) in [6.07, 6.45) is 47.9. The zero-order valence-corrected chi connectivity index (χ0v) is 52.0. The van der Waals surface area contributed by atoms with E-state index < -0.39 is 0 Å². The lowest BCUT2D eigenvalue weighted by Gasteiger charge is -2.27. The van der Waals surface area contributed by atoms with Gasteiger partial charge in [0.05, 0.1) is 25.6 Å². The third kappa shape index (κ3) is 47.2. The molecule has 11 heteroatoms. The molecule has 1 aliphatic rings. The molecule has 0 aromatic rings. The predicted molar refractivity (Wildman–Crippen MR) is 324 cm³/mol. The first-order chi connectivity index (χ1) is 36.7. The largest absolute Gasteiger partial charge is 0.495 e. The minimum Gasteiger partial charge on any atom is -0.495 e. The zero-order chi connectivity index (χ0) is 55.1. The molecule has 0 bridgehead atoms. The molecule has 0 radical (unpaired) electrons. The van der Waals surface area contributed by atoms with Crippen LogP contribution >= 0.6 is 12.6 Å². The van der Waals surface area contributed by atoms with Gasteiger partial charge in [-0.15, -0.1) is 0 Å². The van der Waals surface area contributed by atoms with E-state index in [4.69, 9.17) is 23.9 Å². The Hall–Kier alpha value is -1.37. The van der Waals surface area contributed by atoms with E-state index in [1.54, 1.807) is 12.7 Å². The van der Waals surface area contributed by atoms with Crippen molar-refractivity contribution in [3.8, 4) is 0 Å². The number of nitrogens with one attached hydrogen (secondary N) is 1. The molecule has 1 saturated carbocycles. The average Bonchev–Trinajstić information content (AvgIpc) is 3.39. The number of thiol groups is 1. The first kappa shape index (κ1) is 73.6. The molecule has 1 aliphatic carbocycles. The Labute approximate surface area is 471 Å². The number of rotatable bonds is 56. The molecule has 0 aromatic carbocycles. The number of carbonyl (C=O) groups excluding carboxylic acids is 2. The van der Waals surface area contributed by atoms with E-state index in [0.717, 1.165) is 115 Å². The first-order valence-electron chi connectivity index (χ1n) is 32.5. The number of hydrogen-bond acceptors (Lipinski definition) is 11. The number of hydrogen-bond donors (Lipinski definition) is 2. The van der Waals surface area contributed by atoms with Crippen LogP contribution in [0, 0.1) is 0 Å². The van der Waals surface area contributed by atoms with E-state index in [9.17, 15) is 9.59 Å². The number of ether oxygens (including phenoxy) is 3. The standard InChI is InChI=1S/C62H121N3O7.C2H6S/c1-8-14-29-43-57(11-4)70-60(56-41-38-42-56)46-32-23-17-20-26-35-49-64(50-36-27-21-18-24-33-47-61(66)71-58(12-5)44-30-15-9-2)52-39-53-65(54-40-55-69-63-68-7)51-37-28-22-19-25-34-48-62(67)72-59(13-6)45-31-16-10-3;1-2-3/h57-59,63H,8-55H2,1-7H3;3H,2H2,1H3. The second kappa shape index (κ2) is 57.3. The van der Waals surface area contributed by atoms with Crippen LogP contribution in [0.15, 0.2) is 11.3 Å². The molecule has 0 spiro atoms. The second-order valence-corrected chi connectivity index (χ2v) is 22.6. The van der Waals surface area contributed by atoms with Gasteiger partial charge < -0.3 is 24.0 Å². The summed E-state index contributed by atoms with van der Waals surface area (Å²) in [6, 6.07) is 0. The summed E-state index contributed by atoms with van der Waals surface area (Å²) < 4.78 is 18.3. The van der Waals surface area contributed by atoms with Gasteiger partial charge in [0.1, 0.15) is 12.2 Å². The summed E-state index contributed by atoms with van der Waals surface area (Å²) in [5, 5.41) is 0. The smallest absolute Gasteiger partial charge is 0.306 e. The van der Waals surface area contributed by atoms with Gasteiger partial charge >= 0.3 is 11.9 Å². The Kier molecular flexibility index (Phi) is 56.3. The van der Waals surface area contributed by atoms with Crippen LogP contribution in [0.5, 0.6) is 0 Å². The molecule has 446 valence electrons. The molecule has 0 aliphatic heterocycles. The van der Waals surface area contributed by atoms with E-state index in [1.807, 2.05) is 6.92 Å². The number of carbonyl (C=O) groups is 2. The Bertz CT molecular complexity index is 1250. The van der Waals surface area contributed by atoms with Crippen LogP contribution in [0.2, 0.25) is 0 Å². The molecule has 0 amide bonds. The molecule has 0 aromatic heterocycles. The van der Waals surface area contributed by atoms with Gasteiger partial charge in [0, 0.05) is 25.8 Å². The molecule has 1 rings (SSSR count). The van der Waals surface area contributed by atoms with Crippen LogP contribution in [-0.4, -0.2) is 98.8 Å². The van der Waals surface area contributed by atoms with E-state index >= 15 is 0 Å². The second-order valence-electron chi connectivity index (χ2n) is 22.0. The Morgan fingerprint density at radius 3 is 1.16 bits per heavy atom. The van der Waals surface area contributed by atoms with Crippen molar-refractivity contribution in [2.75, 3.05) is 58.7 Å². The lowest BCUT2D eigenvalue weighted by Crippen LogP contribution is -2.33. The van der Waals surface area contributed by atoms with Crippen molar-refractivity contribution in [3.63, 3.8) is 0 Å². The summed E-state index contributed by atoms with van der Waals surface area (Å²) in [5.74, 6) is 2.31. The van der Waals surface area contributed by atoms with E-state index in [-0.39, 0.29) is 24.1 Å². The zero-order valence-electron chi connectivity index (χ0n) is 51.1. The maximum Gasteiger partial charge on any atom is 0.306 e. The van der Waals surface area contributed by atoms with Crippen molar-refractivity contribution in [3.05, 3.63) is 11.3 Å². The number of esters is 2. The van der Waals surface area contributed by atoms with E-state index in [2.05, 4.69) is 69.6 Å². The van der Waals surface area contributed by atoms with Crippen molar-refractivity contribution < 1.29 is 33.5 Å². The van der Waals surface area contributed by atoms with Crippen LogP contribution in [0.25, 0.3) is 0 Å². The van der Waals surface area contributed by atoms with Crippen LogP contribution in [0.3, 0.4) is 0 Å². The van der Waals surface area contributed by atoms with Gasteiger partial charge in [-0.3, -0.25) is 19.3 Å². The van der Waals surface area contributed by atoms with Gasteiger partial charge in [-0.2, -0.15) is 12.6 Å². The molecule has 3 atom stereocenters. The minimum atomic E-state index is -0.00538. The van der Waals surface area contributed by atoms with Crippen LogP contribution < -0.4 is 5.64 Å². The van der Waals surface area contributed by atoms with Crippen LogP contribution in [0.1, 0.15) is 312 Å². The SMILES string of the molecule is CCCCCC(CC)OC(=O)CCCCCCCCN(CCCCCCCCC(OC(CC)CCCCC)=C1CCC1)CCCN(CCCCCCCCC(=O)OC(CC)CCCCC)CCCONOC.CCS. The van der Waals surface area contributed by atoms with Crippen molar-refractivity contribution in [1.82, 2.24) is 15.4 Å². The lowest BCUT2D eigenvalue weighted by molar-refractivity contribution is -0.152. The summed E-state index contributed by atoms with van der Waals surface area (Å²) in [5.41, 5.74) is 4.15. The van der Waals surface area contributed by atoms with Crippen molar-refractivity contribution in [1.29, 1.82) is 0 Å². The topological polar surface area (TPSA) is 98.8 Å². The number of nitrogens with zero attached hydrogens (tertiary/aromatic N) is 2. The highest BCUT2D eigenvalue weighted by molar-refractivity contribution is 7.80. The van der Waals surface area contributed by atoms with Crippen LogP contribution in [0.4, 0.5) is 0 Å². The highest BCUT2D eigenvalue weighted by Gasteiger charge is 2.19. The fourth-order valence-corrected chi connectivity index (χ4v) is 10.1. The quantitative estimate of drug-likeness (QED) is 0.0201. The predicted octanol–water partition coefficient (Wildman–Crippen LogP) is 18.2. The van der Waals surface area contributed by atoms with Crippen molar-refractivity contribution in [2.45, 2.75) is 330 Å². The van der Waals surface area contributed by atoms with E-state index in [0.29, 0.717) is 25.6 Å². The monoisotopic (exact) mass is 1080 g/mol. The van der Waals surface area contributed by atoms with E-state index in [1.165, 1.54) is 186 Å². The Balaban J connectivity index is 0.0000178. The molecular formula is C64H127N3O7S. The highest BCUT2D eigenvalue weighted by atomic mass is 32.1. The van der Waals surface area contributed by atoms with Gasteiger partial charge in [0.2, 0.25) is 0 Å². The molecule has 10 nitrogen and oxygen atoms in total. The summed E-state index contributed by atoms with van der Waals surface area (Å²) in [6.45, 7) is 22.7. The first-order valence-corrected chi connectivity index (χ1v) is 33.1. The van der Waals surface area contributed by atoms with Gasteiger partial charge in [0.25, 0.3) is 0 Å².